The van der Waals surface area contributed by atoms with Crippen LogP contribution < -0.4 is 10.9 Å². The highest BCUT2D eigenvalue weighted by Crippen LogP contribution is 2.65. The Morgan fingerprint density at radius 2 is 1.93 bits per heavy atom. The first-order chi connectivity index (χ1) is 13.4. The lowest BCUT2D eigenvalue weighted by Gasteiger charge is -2.61. The third-order valence-corrected chi connectivity index (χ3v) is 8.13. The monoisotopic (exact) mass is 405 g/mol. The summed E-state index contributed by atoms with van der Waals surface area (Å²) in [4.78, 5) is 24.8. The van der Waals surface area contributed by atoms with Gasteiger partial charge in [-0.25, -0.2) is 4.68 Å². The van der Waals surface area contributed by atoms with Crippen LogP contribution >= 0.6 is 11.6 Å². The van der Waals surface area contributed by atoms with Gasteiger partial charge in [0, 0.05) is 6.04 Å². The predicted molar refractivity (Wildman–Crippen MR) is 107 cm³/mol. The average molecular weight is 406 g/mol. The van der Waals surface area contributed by atoms with Crippen molar-refractivity contribution < 1.29 is 9.90 Å². The molecule has 2 N–H and O–H groups in total. The first-order valence-corrected chi connectivity index (χ1v) is 11.0. The SMILES string of the molecule is O=C(O)CC12CC3CC(C1)CC(n1ncc(NC4CCCC4)c(Cl)c1=O)(C3)C2. The first-order valence-electron chi connectivity index (χ1n) is 10.6. The fourth-order valence-corrected chi connectivity index (χ4v) is 7.52. The van der Waals surface area contributed by atoms with Crippen molar-refractivity contribution in [3.63, 3.8) is 0 Å². The van der Waals surface area contributed by atoms with Crippen molar-refractivity contribution >= 4 is 23.3 Å². The molecule has 2 unspecified atom stereocenters. The van der Waals surface area contributed by atoms with Gasteiger partial charge in [0.15, 0.2) is 0 Å². The lowest BCUT2D eigenvalue weighted by atomic mass is 9.46. The van der Waals surface area contributed by atoms with Crippen molar-refractivity contribution in [1.29, 1.82) is 0 Å². The van der Waals surface area contributed by atoms with Crippen molar-refractivity contribution in [2.75, 3.05) is 5.32 Å². The largest absolute Gasteiger partial charge is 0.481 e. The minimum atomic E-state index is -0.730. The zero-order chi connectivity index (χ0) is 19.5. The number of nitrogens with one attached hydrogen (secondary N) is 1. The van der Waals surface area contributed by atoms with E-state index >= 15 is 0 Å². The number of aromatic nitrogens is 2. The number of hydrogen-bond acceptors (Lipinski definition) is 4. The van der Waals surface area contributed by atoms with Crippen molar-refractivity contribution in [3.8, 4) is 0 Å². The Balaban J connectivity index is 1.49. The second kappa shape index (κ2) is 6.48. The molecule has 2 atom stereocenters. The molecule has 28 heavy (non-hydrogen) atoms. The third-order valence-electron chi connectivity index (χ3n) is 7.76. The number of hydrogen-bond donors (Lipinski definition) is 2. The summed E-state index contributed by atoms with van der Waals surface area (Å²) in [6.45, 7) is 0. The summed E-state index contributed by atoms with van der Waals surface area (Å²) < 4.78 is 1.63. The molecule has 6 nitrogen and oxygen atoms in total. The van der Waals surface area contributed by atoms with Crippen LogP contribution in [0.2, 0.25) is 5.02 Å². The maximum Gasteiger partial charge on any atom is 0.303 e. The number of anilines is 1. The quantitative estimate of drug-likeness (QED) is 0.772. The van der Waals surface area contributed by atoms with Crippen LogP contribution in [0.1, 0.15) is 70.6 Å². The molecule has 5 aliphatic carbocycles. The normalized spacial score (nSPS) is 36.8. The molecule has 7 heteroatoms. The predicted octanol–water partition coefficient (Wildman–Crippen LogP) is 4.02. The molecule has 6 rings (SSSR count). The smallest absolute Gasteiger partial charge is 0.303 e. The van der Waals surface area contributed by atoms with Crippen molar-refractivity contribution in [2.45, 2.75) is 82.2 Å². The van der Waals surface area contributed by atoms with Gasteiger partial charge in [-0.15, -0.1) is 0 Å². The summed E-state index contributed by atoms with van der Waals surface area (Å²) >= 11 is 6.51. The molecule has 5 aliphatic rings. The average Bonchev–Trinajstić information content (AvgIpc) is 3.09. The fourth-order valence-electron chi connectivity index (χ4n) is 7.34. The Morgan fingerprint density at radius 3 is 2.57 bits per heavy atom. The summed E-state index contributed by atoms with van der Waals surface area (Å²) in [5.74, 6) is 0.250. The van der Waals surface area contributed by atoms with E-state index in [1.54, 1.807) is 10.9 Å². The second-order valence-electron chi connectivity index (χ2n) is 9.97. The second-order valence-corrected chi connectivity index (χ2v) is 10.3. The minimum absolute atomic E-state index is 0.190. The summed E-state index contributed by atoms with van der Waals surface area (Å²) in [5, 5.41) is 17.7. The van der Waals surface area contributed by atoms with Crippen molar-refractivity contribution in [2.24, 2.45) is 17.3 Å². The van der Waals surface area contributed by atoms with E-state index in [1.807, 2.05) is 0 Å². The van der Waals surface area contributed by atoms with Crippen molar-refractivity contribution in [1.82, 2.24) is 9.78 Å². The Kier molecular flexibility index (Phi) is 4.27. The minimum Gasteiger partial charge on any atom is -0.481 e. The van der Waals surface area contributed by atoms with E-state index in [0.29, 0.717) is 23.6 Å². The summed E-state index contributed by atoms with van der Waals surface area (Å²) in [7, 11) is 0. The highest BCUT2D eigenvalue weighted by atomic mass is 35.5. The van der Waals surface area contributed by atoms with E-state index in [9.17, 15) is 14.7 Å². The lowest BCUT2D eigenvalue weighted by molar-refractivity contribution is -0.151. The number of halogens is 1. The topological polar surface area (TPSA) is 84.2 Å². The van der Waals surface area contributed by atoms with Crippen LogP contribution in [0.3, 0.4) is 0 Å². The van der Waals surface area contributed by atoms with Crippen LogP contribution in [-0.4, -0.2) is 26.9 Å². The zero-order valence-electron chi connectivity index (χ0n) is 16.1. The van der Waals surface area contributed by atoms with E-state index in [4.69, 9.17) is 11.6 Å². The van der Waals surface area contributed by atoms with Crippen LogP contribution in [0, 0.1) is 17.3 Å². The lowest BCUT2D eigenvalue weighted by Crippen LogP contribution is -2.59. The molecule has 5 saturated carbocycles. The molecule has 152 valence electrons. The Bertz CT molecular complexity index is 847. The van der Waals surface area contributed by atoms with E-state index in [0.717, 1.165) is 51.4 Å². The number of carbonyl (C=O) groups is 1. The van der Waals surface area contributed by atoms with Crippen LogP contribution in [0.5, 0.6) is 0 Å². The van der Waals surface area contributed by atoms with Gasteiger partial charge in [-0.05, 0) is 68.6 Å². The van der Waals surface area contributed by atoms with Gasteiger partial charge in [0.1, 0.15) is 5.02 Å². The number of carboxylic acids is 1. The fraction of sp³-hybridized carbons (Fsp3) is 0.762. The molecular formula is C21H28ClN3O3. The number of rotatable bonds is 5. The molecule has 0 amide bonds. The number of carboxylic acid groups (broad SMARTS) is 1. The molecule has 0 aliphatic heterocycles. The van der Waals surface area contributed by atoms with Gasteiger partial charge in [-0.2, -0.15) is 5.10 Å². The van der Waals surface area contributed by atoms with Gasteiger partial charge in [0.2, 0.25) is 0 Å². The van der Waals surface area contributed by atoms with E-state index < -0.39 is 5.97 Å². The molecule has 4 bridgehead atoms. The highest BCUT2D eigenvalue weighted by Gasteiger charge is 2.59. The Labute approximate surface area is 169 Å². The third kappa shape index (κ3) is 2.95. The van der Waals surface area contributed by atoms with Gasteiger partial charge in [0.05, 0.1) is 23.8 Å². The van der Waals surface area contributed by atoms with E-state index in [2.05, 4.69) is 10.4 Å². The Morgan fingerprint density at radius 1 is 1.25 bits per heavy atom. The van der Waals surface area contributed by atoms with E-state index in [1.165, 1.54) is 12.8 Å². The summed E-state index contributed by atoms with van der Waals surface area (Å²) in [6.07, 6.45) is 12.2. The highest BCUT2D eigenvalue weighted by molar-refractivity contribution is 6.32. The number of aliphatic carboxylic acids is 1. The molecule has 0 radical (unpaired) electrons. The standard InChI is InChI=1S/C21H28ClN3O3/c22-18-16(24-15-3-1-2-4-15)11-23-25(19(18)28)21-8-13-5-14(9-21)7-20(6-13,12-21)10-17(26)27/h11,13-15,24H,1-10,12H2,(H,26,27). The molecule has 1 heterocycles. The van der Waals surface area contributed by atoms with Crippen LogP contribution in [0.4, 0.5) is 5.69 Å². The van der Waals surface area contributed by atoms with Gasteiger partial charge >= 0.3 is 5.97 Å². The van der Waals surface area contributed by atoms with Crippen LogP contribution in [-0.2, 0) is 10.3 Å². The van der Waals surface area contributed by atoms with E-state index in [-0.39, 0.29) is 28.0 Å². The molecular weight excluding hydrogens is 378 g/mol. The van der Waals surface area contributed by atoms with Gasteiger partial charge in [-0.3, -0.25) is 9.59 Å². The summed E-state index contributed by atoms with van der Waals surface area (Å²) in [5.41, 5.74) is -0.145. The molecule has 1 aromatic heterocycles. The maximum atomic E-state index is 13.2. The molecule has 0 spiro atoms. The summed E-state index contributed by atoms with van der Waals surface area (Å²) in [6, 6.07) is 0.368. The van der Waals surface area contributed by atoms with Gasteiger partial charge in [-0.1, -0.05) is 24.4 Å². The number of nitrogens with zero attached hydrogens (tertiary/aromatic N) is 2. The first kappa shape index (κ1) is 18.5. The maximum absolute atomic E-state index is 13.2. The Hall–Kier alpha value is -1.56. The van der Waals surface area contributed by atoms with Gasteiger partial charge in [0.25, 0.3) is 5.56 Å². The molecule has 5 fully saturated rings. The molecule has 0 saturated heterocycles. The molecule has 1 aromatic rings. The van der Waals surface area contributed by atoms with Crippen LogP contribution in [0.25, 0.3) is 0 Å². The molecule has 0 aromatic carbocycles. The van der Waals surface area contributed by atoms with Gasteiger partial charge < -0.3 is 10.4 Å². The van der Waals surface area contributed by atoms with Crippen LogP contribution in [0.15, 0.2) is 11.0 Å². The zero-order valence-corrected chi connectivity index (χ0v) is 16.9. The van der Waals surface area contributed by atoms with Crippen molar-refractivity contribution in [3.05, 3.63) is 21.6 Å².